The monoisotopic (exact) mass is 380 g/mol. The van der Waals surface area contributed by atoms with Crippen LogP contribution in [0.1, 0.15) is 16.2 Å². The number of piperazine rings is 1. The van der Waals surface area contributed by atoms with Crippen LogP contribution in [0.5, 0.6) is 0 Å². The molecule has 0 spiro atoms. The Morgan fingerprint density at radius 2 is 1.79 bits per heavy atom. The molecule has 3 aromatic rings. The predicted octanol–water partition coefficient (Wildman–Crippen LogP) is 2.01. The number of benzene rings is 2. The van der Waals surface area contributed by atoms with Crippen LogP contribution in [0.25, 0.3) is 16.7 Å². The summed E-state index contributed by atoms with van der Waals surface area (Å²) in [5.41, 5.74) is 3.41. The van der Waals surface area contributed by atoms with Crippen molar-refractivity contribution in [3.05, 3.63) is 53.9 Å². The lowest BCUT2D eigenvalue weighted by molar-refractivity contribution is 0.0699. The molecule has 2 N–H and O–H groups in total. The van der Waals surface area contributed by atoms with Crippen LogP contribution >= 0.6 is 0 Å². The summed E-state index contributed by atoms with van der Waals surface area (Å²) in [6, 6.07) is 13.4. The van der Waals surface area contributed by atoms with Crippen LogP contribution in [0.4, 0.5) is 5.69 Å². The number of aliphatic hydroxyl groups is 1. The minimum atomic E-state index is -1.00. The van der Waals surface area contributed by atoms with Gasteiger partial charge < -0.3 is 20.0 Å². The number of carbonyl (C=O) groups is 1. The van der Waals surface area contributed by atoms with Crippen molar-refractivity contribution >= 4 is 22.7 Å². The molecule has 0 radical (unpaired) electrons. The maximum atomic E-state index is 11.6. The van der Waals surface area contributed by atoms with Gasteiger partial charge in [-0.3, -0.25) is 4.57 Å². The average Bonchev–Trinajstić information content (AvgIpc) is 3.06. The molecule has 4 rings (SSSR count). The van der Waals surface area contributed by atoms with E-state index in [2.05, 4.69) is 34.0 Å². The number of aliphatic hydroxyl groups excluding tert-OH is 1. The maximum absolute atomic E-state index is 11.6. The lowest BCUT2D eigenvalue weighted by Gasteiger charge is -2.34. The van der Waals surface area contributed by atoms with Gasteiger partial charge in [-0.05, 0) is 37.4 Å². The van der Waals surface area contributed by atoms with Gasteiger partial charge in [-0.25, -0.2) is 9.78 Å². The van der Waals surface area contributed by atoms with Gasteiger partial charge in [0.1, 0.15) is 11.3 Å². The fraction of sp³-hybridized carbons (Fsp3) is 0.333. The van der Waals surface area contributed by atoms with E-state index < -0.39 is 5.97 Å². The summed E-state index contributed by atoms with van der Waals surface area (Å²) in [5, 5.41) is 19.0. The number of nitrogens with zero attached hydrogens (tertiary/aromatic N) is 4. The number of aromatic nitrogens is 2. The molecule has 1 aromatic heterocycles. The zero-order chi connectivity index (χ0) is 19.7. The number of hydrogen-bond acceptors (Lipinski definition) is 5. The Hall–Kier alpha value is -2.90. The molecule has 7 heteroatoms. The smallest absolute Gasteiger partial charge is 0.337 e. The van der Waals surface area contributed by atoms with Crippen LogP contribution in [-0.2, 0) is 6.42 Å². The molecule has 28 heavy (non-hydrogen) atoms. The number of carboxylic acid groups (broad SMARTS) is 1. The number of para-hydroxylation sites is 1. The fourth-order valence-corrected chi connectivity index (χ4v) is 3.77. The van der Waals surface area contributed by atoms with Crippen molar-refractivity contribution in [3.8, 4) is 5.69 Å². The van der Waals surface area contributed by atoms with Gasteiger partial charge in [0.2, 0.25) is 0 Å². The van der Waals surface area contributed by atoms with Crippen molar-refractivity contribution in [2.75, 3.05) is 44.7 Å². The minimum Gasteiger partial charge on any atom is -0.478 e. The van der Waals surface area contributed by atoms with Crippen LogP contribution in [0.2, 0.25) is 0 Å². The van der Waals surface area contributed by atoms with E-state index in [4.69, 9.17) is 0 Å². The van der Waals surface area contributed by atoms with Crippen molar-refractivity contribution < 1.29 is 15.0 Å². The third kappa shape index (κ3) is 3.34. The highest BCUT2D eigenvalue weighted by atomic mass is 16.4. The van der Waals surface area contributed by atoms with Crippen molar-refractivity contribution in [1.82, 2.24) is 14.5 Å². The Kier molecular flexibility index (Phi) is 5.02. The predicted molar refractivity (Wildman–Crippen MR) is 109 cm³/mol. The number of imidazole rings is 1. The second-order valence-corrected chi connectivity index (χ2v) is 7.13. The molecule has 0 amide bonds. The molecular formula is C21H24N4O3. The minimum absolute atomic E-state index is 0.0517. The van der Waals surface area contributed by atoms with Gasteiger partial charge in [0.15, 0.2) is 0 Å². The van der Waals surface area contributed by atoms with E-state index in [1.165, 1.54) is 0 Å². The Morgan fingerprint density at radius 1 is 1.07 bits per heavy atom. The third-order valence-corrected chi connectivity index (χ3v) is 5.28. The van der Waals surface area contributed by atoms with Gasteiger partial charge in [-0.15, -0.1) is 0 Å². The van der Waals surface area contributed by atoms with E-state index >= 15 is 0 Å². The molecule has 1 aliphatic heterocycles. The normalized spacial score (nSPS) is 15.3. The number of aromatic carboxylic acids is 1. The van der Waals surface area contributed by atoms with E-state index in [0.29, 0.717) is 17.8 Å². The number of likely N-dealkylation sites (N-methyl/N-ethyl adjacent to an activating group) is 1. The molecule has 0 atom stereocenters. The molecule has 146 valence electrons. The van der Waals surface area contributed by atoms with Crippen molar-refractivity contribution in [2.24, 2.45) is 0 Å². The topological polar surface area (TPSA) is 81.8 Å². The first-order valence-electron chi connectivity index (χ1n) is 9.47. The SMILES string of the molecule is CN1CCN(c2cccc(-n3c(CCO)nc4c(C(=O)O)cccc43)c2)CC1. The molecule has 7 nitrogen and oxygen atoms in total. The first-order chi connectivity index (χ1) is 13.6. The lowest BCUT2D eigenvalue weighted by Crippen LogP contribution is -2.44. The maximum Gasteiger partial charge on any atom is 0.337 e. The summed E-state index contributed by atoms with van der Waals surface area (Å²) in [7, 11) is 2.13. The van der Waals surface area contributed by atoms with Crippen molar-refractivity contribution in [1.29, 1.82) is 0 Å². The van der Waals surface area contributed by atoms with Gasteiger partial charge in [-0.1, -0.05) is 12.1 Å². The lowest BCUT2D eigenvalue weighted by atomic mass is 10.1. The molecule has 0 unspecified atom stereocenters. The van der Waals surface area contributed by atoms with Gasteiger partial charge in [0, 0.05) is 44.0 Å². The Balaban J connectivity index is 1.82. The van der Waals surface area contributed by atoms with E-state index in [1.807, 2.05) is 22.8 Å². The summed E-state index contributed by atoms with van der Waals surface area (Å²) >= 11 is 0. The summed E-state index contributed by atoms with van der Waals surface area (Å²) in [5.74, 6) is -0.348. The highest BCUT2D eigenvalue weighted by Gasteiger charge is 2.19. The second-order valence-electron chi connectivity index (χ2n) is 7.13. The molecule has 1 fully saturated rings. The van der Waals surface area contributed by atoms with Crippen LogP contribution < -0.4 is 4.90 Å². The average molecular weight is 380 g/mol. The number of hydrogen-bond donors (Lipinski definition) is 2. The Morgan fingerprint density at radius 3 is 2.50 bits per heavy atom. The molecular weight excluding hydrogens is 356 g/mol. The molecule has 2 heterocycles. The third-order valence-electron chi connectivity index (χ3n) is 5.28. The highest BCUT2D eigenvalue weighted by Crippen LogP contribution is 2.27. The van der Waals surface area contributed by atoms with Crippen molar-refractivity contribution in [3.63, 3.8) is 0 Å². The summed E-state index contributed by atoms with van der Waals surface area (Å²) < 4.78 is 1.96. The largest absolute Gasteiger partial charge is 0.478 e. The summed E-state index contributed by atoms with van der Waals surface area (Å²) in [6.45, 7) is 3.93. The molecule has 1 aliphatic rings. The number of fused-ring (bicyclic) bond motifs is 1. The molecule has 1 saturated heterocycles. The summed E-state index contributed by atoms with van der Waals surface area (Å²) in [6.07, 6.45) is 0.354. The van der Waals surface area contributed by atoms with Crippen molar-refractivity contribution in [2.45, 2.75) is 6.42 Å². The van der Waals surface area contributed by atoms with Crippen LogP contribution in [-0.4, -0.2) is 70.5 Å². The summed E-state index contributed by atoms with van der Waals surface area (Å²) in [4.78, 5) is 20.8. The Bertz CT molecular complexity index is 1010. The van der Waals surface area contributed by atoms with Crippen LogP contribution in [0, 0.1) is 0 Å². The van der Waals surface area contributed by atoms with E-state index in [0.717, 1.165) is 43.1 Å². The van der Waals surface area contributed by atoms with Crippen LogP contribution in [0.15, 0.2) is 42.5 Å². The van der Waals surface area contributed by atoms with Gasteiger partial charge in [0.05, 0.1) is 17.7 Å². The first kappa shape index (κ1) is 18.5. The van der Waals surface area contributed by atoms with Gasteiger partial charge >= 0.3 is 5.97 Å². The molecule has 0 aliphatic carbocycles. The van der Waals surface area contributed by atoms with Crippen LogP contribution in [0.3, 0.4) is 0 Å². The quantitative estimate of drug-likeness (QED) is 0.705. The number of anilines is 1. The van der Waals surface area contributed by atoms with Gasteiger partial charge in [0.25, 0.3) is 0 Å². The zero-order valence-electron chi connectivity index (χ0n) is 15.9. The Labute approximate surface area is 163 Å². The van der Waals surface area contributed by atoms with E-state index in [-0.39, 0.29) is 12.2 Å². The number of carboxylic acids is 1. The highest BCUT2D eigenvalue weighted by molar-refractivity contribution is 6.01. The van der Waals surface area contributed by atoms with Gasteiger partial charge in [-0.2, -0.15) is 0 Å². The first-order valence-corrected chi connectivity index (χ1v) is 9.47. The van der Waals surface area contributed by atoms with E-state index in [1.54, 1.807) is 12.1 Å². The standard InChI is InChI=1S/C21H24N4O3/c1-23-9-11-24(12-10-23)15-4-2-5-16(14-15)25-18-7-3-6-17(21(27)28)20(18)22-19(25)8-13-26/h2-7,14,26H,8-13H2,1H3,(H,27,28). The molecule has 0 bridgehead atoms. The zero-order valence-corrected chi connectivity index (χ0v) is 15.9. The second kappa shape index (κ2) is 7.61. The number of rotatable bonds is 5. The fourth-order valence-electron chi connectivity index (χ4n) is 3.77. The molecule has 0 saturated carbocycles. The molecule has 2 aromatic carbocycles. The van der Waals surface area contributed by atoms with E-state index in [9.17, 15) is 15.0 Å².